The molecule has 0 radical (unpaired) electrons. The number of benzene rings is 2. The third-order valence-electron chi connectivity index (χ3n) is 4.40. The van der Waals surface area contributed by atoms with Gasteiger partial charge in [0, 0.05) is 22.0 Å². The number of Topliss-reactive ketones (excluding diaryl/α,β-unsaturated/α-hetero) is 1. The fourth-order valence-electron chi connectivity index (χ4n) is 3.31. The van der Waals surface area contributed by atoms with Crippen LogP contribution < -0.4 is 9.64 Å². The lowest BCUT2D eigenvalue weighted by molar-refractivity contribution is -0.141. The van der Waals surface area contributed by atoms with Gasteiger partial charge in [0.1, 0.15) is 11.5 Å². The SMILES string of the molecule is CCOc1ccccc1CN1C(=O)C(O)(CC(C)=O)c2cc(Br)ccc21. The Kier molecular flexibility index (Phi) is 5.16. The van der Waals surface area contributed by atoms with Gasteiger partial charge in [-0.15, -0.1) is 0 Å². The number of carbonyl (C=O) groups excluding carboxylic acids is 2. The van der Waals surface area contributed by atoms with Crippen molar-refractivity contribution >= 4 is 33.3 Å². The van der Waals surface area contributed by atoms with Crippen molar-refractivity contribution in [2.45, 2.75) is 32.4 Å². The highest BCUT2D eigenvalue weighted by Crippen LogP contribution is 2.44. The monoisotopic (exact) mass is 417 g/mol. The highest BCUT2D eigenvalue weighted by atomic mass is 79.9. The Balaban J connectivity index is 2.04. The van der Waals surface area contributed by atoms with Crippen LogP contribution >= 0.6 is 15.9 Å². The molecule has 1 atom stereocenters. The third kappa shape index (κ3) is 3.27. The molecule has 0 spiro atoms. The van der Waals surface area contributed by atoms with Crippen LogP contribution in [0.3, 0.4) is 0 Å². The molecule has 0 saturated heterocycles. The number of ketones is 1. The lowest BCUT2D eigenvalue weighted by atomic mass is 9.90. The van der Waals surface area contributed by atoms with Crippen molar-refractivity contribution < 1.29 is 19.4 Å². The summed E-state index contributed by atoms with van der Waals surface area (Å²) in [5.74, 6) is -0.0427. The maximum Gasteiger partial charge on any atom is 0.264 e. The maximum absolute atomic E-state index is 13.1. The number of carbonyl (C=O) groups is 2. The molecule has 2 aromatic carbocycles. The zero-order chi connectivity index (χ0) is 18.9. The number of anilines is 1. The lowest BCUT2D eigenvalue weighted by Gasteiger charge is -2.23. The summed E-state index contributed by atoms with van der Waals surface area (Å²) in [5.41, 5.74) is 0.0451. The average molecular weight is 418 g/mol. The largest absolute Gasteiger partial charge is 0.494 e. The van der Waals surface area contributed by atoms with Gasteiger partial charge in [0.15, 0.2) is 5.60 Å². The molecule has 0 bridgehead atoms. The first kappa shape index (κ1) is 18.6. The van der Waals surface area contributed by atoms with E-state index in [1.165, 1.54) is 11.8 Å². The van der Waals surface area contributed by atoms with Crippen molar-refractivity contribution in [2.75, 3.05) is 11.5 Å². The Morgan fingerprint density at radius 3 is 2.69 bits per heavy atom. The molecule has 3 rings (SSSR count). The van der Waals surface area contributed by atoms with Gasteiger partial charge in [-0.1, -0.05) is 34.1 Å². The molecule has 1 aliphatic heterocycles. The first-order valence-corrected chi connectivity index (χ1v) is 9.20. The van der Waals surface area contributed by atoms with Gasteiger partial charge in [-0.2, -0.15) is 0 Å². The van der Waals surface area contributed by atoms with E-state index in [-0.39, 0.29) is 18.7 Å². The summed E-state index contributed by atoms with van der Waals surface area (Å²) in [7, 11) is 0. The van der Waals surface area contributed by atoms with E-state index in [2.05, 4.69) is 15.9 Å². The van der Waals surface area contributed by atoms with Gasteiger partial charge in [0.05, 0.1) is 18.8 Å². The van der Waals surface area contributed by atoms with Crippen LogP contribution in [0.4, 0.5) is 5.69 Å². The number of hydrogen-bond donors (Lipinski definition) is 1. The zero-order valence-corrected chi connectivity index (χ0v) is 16.2. The normalized spacial score (nSPS) is 18.8. The van der Waals surface area contributed by atoms with Crippen molar-refractivity contribution in [1.82, 2.24) is 0 Å². The molecule has 1 unspecified atom stereocenters. The second kappa shape index (κ2) is 7.21. The first-order chi connectivity index (χ1) is 12.4. The van der Waals surface area contributed by atoms with Crippen LogP contribution in [0.15, 0.2) is 46.9 Å². The molecule has 1 aliphatic rings. The molecular weight excluding hydrogens is 398 g/mol. The van der Waals surface area contributed by atoms with Gasteiger partial charge < -0.3 is 14.7 Å². The second-order valence-electron chi connectivity index (χ2n) is 6.33. The topological polar surface area (TPSA) is 66.8 Å². The summed E-state index contributed by atoms with van der Waals surface area (Å²) in [6.45, 7) is 4.04. The van der Waals surface area contributed by atoms with E-state index in [4.69, 9.17) is 4.74 Å². The van der Waals surface area contributed by atoms with Crippen molar-refractivity contribution in [1.29, 1.82) is 0 Å². The van der Waals surface area contributed by atoms with Gasteiger partial charge in [-0.05, 0) is 38.1 Å². The summed E-state index contributed by atoms with van der Waals surface area (Å²) in [4.78, 5) is 26.3. The number of para-hydroxylation sites is 1. The van der Waals surface area contributed by atoms with Crippen molar-refractivity contribution in [2.24, 2.45) is 0 Å². The molecular formula is C20H20BrNO4. The highest BCUT2D eigenvalue weighted by molar-refractivity contribution is 9.10. The number of rotatable bonds is 6. The molecule has 1 N–H and O–H groups in total. The van der Waals surface area contributed by atoms with Crippen LogP contribution in [0.1, 0.15) is 31.4 Å². The summed E-state index contributed by atoms with van der Waals surface area (Å²) >= 11 is 3.38. The van der Waals surface area contributed by atoms with Gasteiger partial charge in [0.2, 0.25) is 0 Å². The van der Waals surface area contributed by atoms with E-state index >= 15 is 0 Å². The number of fused-ring (bicyclic) bond motifs is 1. The standard InChI is InChI=1S/C20H20BrNO4/c1-3-26-18-7-5-4-6-14(18)12-22-17-9-8-15(21)10-16(17)20(25,19(22)24)11-13(2)23/h4-10,25H,3,11-12H2,1-2H3. The minimum absolute atomic E-state index is 0.247. The van der Waals surface area contributed by atoms with E-state index in [0.29, 0.717) is 23.6 Å². The van der Waals surface area contributed by atoms with Crippen LogP contribution in [0.25, 0.3) is 0 Å². The van der Waals surface area contributed by atoms with Crippen LogP contribution in [0.5, 0.6) is 5.75 Å². The number of amides is 1. The van der Waals surface area contributed by atoms with Crippen LogP contribution in [0.2, 0.25) is 0 Å². The molecule has 136 valence electrons. The van der Waals surface area contributed by atoms with Crippen LogP contribution in [0, 0.1) is 0 Å². The number of halogens is 1. The Bertz CT molecular complexity index is 867. The third-order valence-corrected chi connectivity index (χ3v) is 4.89. The first-order valence-electron chi connectivity index (χ1n) is 8.41. The molecule has 0 aromatic heterocycles. The summed E-state index contributed by atoms with van der Waals surface area (Å²) in [6.07, 6.45) is -0.251. The van der Waals surface area contributed by atoms with Gasteiger partial charge >= 0.3 is 0 Å². The average Bonchev–Trinajstić information content (AvgIpc) is 2.78. The van der Waals surface area contributed by atoms with Crippen LogP contribution in [-0.4, -0.2) is 23.4 Å². The molecule has 0 aliphatic carbocycles. The Hall–Kier alpha value is -2.18. The molecule has 0 saturated carbocycles. The molecule has 6 heteroatoms. The van der Waals surface area contributed by atoms with Gasteiger partial charge in [0.25, 0.3) is 5.91 Å². The smallest absolute Gasteiger partial charge is 0.264 e. The molecule has 26 heavy (non-hydrogen) atoms. The van der Waals surface area contributed by atoms with Crippen molar-refractivity contribution in [3.8, 4) is 5.75 Å². The molecule has 1 heterocycles. The van der Waals surface area contributed by atoms with Gasteiger partial charge in [-0.3, -0.25) is 9.59 Å². The number of nitrogens with zero attached hydrogens (tertiary/aromatic N) is 1. The Morgan fingerprint density at radius 2 is 2.00 bits per heavy atom. The Labute approximate surface area is 160 Å². The summed E-state index contributed by atoms with van der Waals surface area (Å²) in [5, 5.41) is 11.1. The van der Waals surface area contributed by atoms with E-state index < -0.39 is 11.5 Å². The van der Waals surface area contributed by atoms with Crippen molar-refractivity contribution in [3.05, 3.63) is 58.1 Å². The number of aliphatic hydroxyl groups is 1. The minimum Gasteiger partial charge on any atom is -0.494 e. The predicted octanol–water partition coefficient (Wildman–Crippen LogP) is 3.56. The highest BCUT2D eigenvalue weighted by Gasteiger charge is 2.50. The second-order valence-corrected chi connectivity index (χ2v) is 7.25. The molecule has 0 fully saturated rings. The van der Waals surface area contributed by atoms with Crippen LogP contribution in [-0.2, 0) is 21.7 Å². The van der Waals surface area contributed by atoms with E-state index in [1.807, 2.05) is 37.3 Å². The summed E-state index contributed by atoms with van der Waals surface area (Å²) < 4.78 is 6.38. The summed E-state index contributed by atoms with van der Waals surface area (Å²) in [6, 6.07) is 12.8. The lowest BCUT2D eigenvalue weighted by Crippen LogP contribution is -2.41. The van der Waals surface area contributed by atoms with E-state index in [0.717, 1.165) is 10.0 Å². The molecule has 5 nitrogen and oxygen atoms in total. The number of hydrogen-bond acceptors (Lipinski definition) is 4. The fourth-order valence-corrected chi connectivity index (χ4v) is 3.67. The van der Waals surface area contributed by atoms with E-state index in [1.54, 1.807) is 12.1 Å². The zero-order valence-electron chi connectivity index (χ0n) is 14.7. The van der Waals surface area contributed by atoms with E-state index in [9.17, 15) is 14.7 Å². The minimum atomic E-state index is -1.84. The molecule has 2 aromatic rings. The van der Waals surface area contributed by atoms with Crippen molar-refractivity contribution in [3.63, 3.8) is 0 Å². The Morgan fingerprint density at radius 1 is 1.27 bits per heavy atom. The van der Waals surface area contributed by atoms with Gasteiger partial charge in [-0.25, -0.2) is 0 Å². The maximum atomic E-state index is 13.1. The molecule has 1 amide bonds. The predicted molar refractivity (Wildman–Crippen MR) is 102 cm³/mol. The number of ether oxygens (including phenoxy) is 1. The fraction of sp³-hybridized carbons (Fsp3) is 0.300. The quantitative estimate of drug-likeness (QED) is 0.779.